The Morgan fingerprint density at radius 2 is 2.28 bits per heavy atom. The second kappa shape index (κ2) is 4.14. The number of fused-ring (bicyclic) bond motifs is 1. The van der Waals surface area contributed by atoms with Crippen molar-refractivity contribution in [2.45, 2.75) is 19.9 Å². The fourth-order valence-electron chi connectivity index (χ4n) is 1.85. The zero-order valence-electron chi connectivity index (χ0n) is 10.00. The van der Waals surface area contributed by atoms with E-state index >= 15 is 0 Å². The minimum Gasteiger partial charge on any atom is -0.444 e. The Morgan fingerprint density at radius 1 is 1.39 bits per heavy atom. The molecule has 0 bridgehead atoms. The van der Waals surface area contributed by atoms with Crippen LogP contribution in [0.1, 0.15) is 18.6 Å². The van der Waals surface area contributed by atoms with Gasteiger partial charge in [0, 0.05) is 12.6 Å². The number of rotatable bonds is 3. The first-order chi connectivity index (χ1) is 8.78. The van der Waals surface area contributed by atoms with Crippen LogP contribution >= 0.6 is 0 Å². The average Bonchev–Trinajstić information content (AvgIpc) is 2.96. The summed E-state index contributed by atoms with van der Waals surface area (Å²) in [5.41, 5.74) is 7.40. The smallest absolute Gasteiger partial charge is 0.214 e. The van der Waals surface area contributed by atoms with E-state index in [0.717, 1.165) is 23.3 Å². The quantitative estimate of drug-likeness (QED) is 0.755. The predicted octanol–water partition coefficient (Wildman–Crippen LogP) is 1.61. The standard InChI is InChI=1S/C12H13N5O/c1-2-8-6-15-10(18-8)7-17-11-9(16-12(17)13)4-3-5-14-11/h3-6H,2,7H2,1H3,(H2,13,16). The van der Waals surface area contributed by atoms with E-state index in [9.17, 15) is 0 Å². The van der Waals surface area contributed by atoms with E-state index in [4.69, 9.17) is 10.2 Å². The molecule has 0 atom stereocenters. The van der Waals surface area contributed by atoms with Crippen LogP contribution in [0.5, 0.6) is 0 Å². The lowest BCUT2D eigenvalue weighted by Gasteiger charge is -2.01. The summed E-state index contributed by atoms with van der Waals surface area (Å²) < 4.78 is 7.36. The molecule has 2 N–H and O–H groups in total. The fourth-order valence-corrected chi connectivity index (χ4v) is 1.85. The molecule has 6 heteroatoms. The number of hydrogen-bond acceptors (Lipinski definition) is 5. The van der Waals surface area contributed by atoms with Crippen molar-refractivity contribution in [2.24, 2.45) is 0 Å². The summed E-state index contributed by atoms with van der Waals surface area (Å²) in [7, 11) is 0. The zero-order chi connectivity index (χ0) is 12.5. The molecule has 0 unspecified atom stereocenters. The molecule has 0 aromatic carbocycles. The molecule has 18 heavy (non-hydrogen) atoms. The first-order valence-electron chi connectivity index (χ1n) is 5.78. The highest BCUT2D eigenvalue weighted by Crippen LogP contribution is 2.17. The first kappa shape index (κ1) is 10.8. The molecule has 0 saturated carbocycles. The van der Waals surface area contributed by atoms with Gasteiger partial charge in [-0.1, -0.05) is 6.92 Å². The lowest BCUT2D eigenvalue weighted by atomic mass is 10.4. The van der Waals surface area contributed by atoms with Gasteiger partial charge in [0.2, 0.25) is 11.8 Å². The third-order valence-corrected chi connectivity index (χ3v) is 2.78. The van der Waals surface area contributed by atoms with Crippen molar-refractivity contribution in [2.75, 3.05) is 5.73 Å². The van der Waals surface area contributed by atoms with Crippen LogP contribution < -0.4 is 5.73 Å². The minimum absolute atomic E-state index is 0.417. The van der Waals surface area contributed by atoms with E-state index in [-0.39, 0.29) is 0 Å². The third-order valence-electron chi connectivity index (χ3n) is 2.78. The molecule has 0 radical (unpaired) electrons. The van der Waals surface area contributed by atoms with E-state index in [0.29, 0.717) is 18.4 Å². The number of hydrogen-bond donors (Lipinski definition) is 1. The molecule has 0 aliphatic heterocycles. The van der Waals surface area contributed by atoms with Crippen LogP contribution in [-0.2, 0) is 13.0 Å². The SMILES string of the molecule is CCc1cnc(Cn2c(N)nc3cccnc32)o1. The molecular weight excluding hydrogens is 230 g/mol. The van der Waals surface area contributed by atoms with E-state index in [1.165, 1.54) is 0 Å². The Hall–Kier alpha value is -2.37. The number of aryl methyl sites for hydroxylation is 1. The second-order valence-electron chi connectivity index (χ2n) is 3.98. The van der Waals surface area contributed by atoms with Crippen molar-refractivity contribution in [3.05, 3.63) is 36.2 Å². The van der Waals surface area contributed by atoms with Crippen LogP contribution in [0.25, 0.3) is 11.2 Å². The summed E-state index contributed by atoms with van der Waals surface area (Å²) in [6.45, 7) is 2.46. The minimum atomic E-state index is 0.417. The van der Waals surface area contributed by atoms with E-state index in [2.05, 4.69) is 15.0 Å². The van der Waals surface area contributed by atoms with Gasteiger partial charge in [-0.2, -0.15) is 0 Å². The highest BCUT2D eigenvalue weighted by molar-refractivity contribution is 5.73. The van der Waals surface area contributed by atoms with Gasteiger partial charge < -0.3 is 10.2 Å². The molecule has 3 heterocycles. The Morgan fingerprint density at radius 3 is 3.06 bits per heavy atom. The monoisotopic (exact) mass is 243 g/mol. The number of nitrogens with two attached hydrogens (primary N) is 1. The number of oxazole rings is 1. The fraction of sp³-hybridized carbons (Fsp3) is 0.250. The van der Waals surface area contributed by atoms with Crippen LogP contribution in [0.3, 0.4) is 0 Å². The van der Waals surface area contributed by atoms with Gasteiger partial charge in [-0.15, -0.1) is 0 Å². The highest BCUT2D eigenvalue weighted by Gasteiger charge is 2.11. The van der Waals surface area contributed by atoms with Crippen LogP contribution in [0.2, 0.25) is 0 Å². The maximum atomic E-state index is 5.88. The van der Waals surface area contributed by atoms with Crippen molar-refractivity contribution in [1.82, 2.24) is 19.5 Å². The molecule has 0 amide bonds. The number of pyridine rings is 1. The maximum absolute atomic E-state index is 5.88. The van der Waals surface area contributed by atoms with E-state index in [1.807, 2.05) is 19.1 Å². The van der Waals surface area contributed by atoms with Gasteiger partial charge in [0.15, 0.2) is 5.65 Å². The Kier molecular flexibility index (Phi) is 2.47. The Bertz CT molecular complexity index is 685. The number of nitrogen functional groups attached to an aromatic ring is 1. The van der Waals surface area contributed by atoms with Gasteiger partial charge >= 0.3 is 0 Å². The maximum Gasteiger partial charge on any atom is 0.214 e. The highest BCUT2D eigenvalue weighted by atomic mass is 16.4. The van der Waals surface area contributed by atoms with Crippen molar-refractivity contribution in [3.8, 4) is 0 Å². The summed E-state index contributed by atoms with van der Waals surface area (Å²) in [5.74, 6) is 1.89. The van der Waals surface area contributed by atoms with Gasteiger partial charge in [0.05, 0.1) is 6.20 Å². The van der Waals surface area contributed by atoms with Gasteiger partial charge in [-0.25, -0.2) is 15.0 Å². The van der Waals surface area contributed by atoms with Crippen molar-refractivity contribution in [1.29, 1.82) is 0 Å². The molecule has 0 aliphatic rings. The lowest BCUT2D eigenvalue weighted by Crippen LogP contribution is -2.05. The number of nitrogens with zero attached hydrogens (tertiary/aromatic N) is 4. The number of imidazole rings is 1. The lowest BCUT2D eigenvalue weighted by molar-refractivity contribution is 0.449. The van der Waals surface area contributed by atoms with Crippen molar-refractivity contribution >= 4 is 17.1 Å². The summed E-state index contributed by atoms with van der Waals surface area (Å²) >= 11 is 0. The molecule has 0 saturated heterocycles. The van der Waals surface area contributed by atoms with Gasteiger partial charge in [0.1, 0.15) is 17.8 Å². The van der Waals surface area contributed by atoms with Crippen LogP contribution in [-0.4, -0.2) is 19.5 Å². The number of anilines is 1. The second-order valence-corrected chi connectivity index (χ2v) is 3.98. The van der Waals surface area contributed by atoms with Gasteiger partial charge in [-0.3, -0.25) is 4.57 Å². The van der Waals surface area contributed by atoms with E-state index in [1.54, 1.807) is 17.0 Å². The van der Waals surface area contributed by atoms with Gasteiger partial charge in [0.25, 0.3) is 0 Å². The molecule has 0 aliphatic carbocycles. The Labute approximate surface area is 103 Å². The molecule has 0 spiro atoms. The van der Waals surface area contributed by atoms with Crippen LogP contribution in [0.15, 0.2) is 28.9 Å². The molecule has 3 aromatic rings. The summed E-state index contributed by atoms with van der Waals surface area (Å²) in [6, 6.07) is 3.71. The van der Waals surface area contributed by atoms with Crippen LogP contribution in [0, 0.1) is 0 Å². The van der Waals surface area contributed by atoms with Crippen molar-refractivity contribution in [3.63, 3.8) is 0 Å². The molecule has 3 aromatic heterocycles. The number of aromatic nitrogens is 4. The third kappa shape index (κ3) is 1.71. The zero-order valence-corrected chi connectivity index (χ0v) is 10.00. The first-order valence-corrected chi connectivity index (χ1v) is 5.78. The largest absolute Gasteiger partial charge is 0.444 e. The molecule has 6 nitrogen and oxygen atoms in total. The average molecular weight is 243 g/mol. The normalized spacial score (nSPS) is 11.2. The summed E-state index contributed by atoms with van der Waals surface area (Å²) in [4.78, 5) is 12.7. The molecule has 0 fully saturated rings. The molecule has 3 rings (SSSR count). The van der Waals surface area contributed by atoms with Crippen LogP contribution in [0.4, 0.5) is 5.95 Å². The molecule has 92 valence electrons. The van der Waals surface area contributed by atoms with Crippen molar-refractivity contribution < 1.29 is 4.42 Å². The topological polar surface area (TPSA) is 82.8 Å². The predicted molar refractivity (Wildman–Crippen MR) is 66.9 cm³/mol. The summed E-state index contributed by atoms with van der Waals surface area (Å²) in [5, 5.41) is 0. The summed E-state index contributed by atoms with van der Waals surface area (Å²) in [6.07, 6.45) is 4.27. The van der Waals surface area contributed by atoms with Gasteiger partial charge in [-0.05, 0) is 12.1 Å². The Balaban J connectivity index is 2.01. The molecular formula is C12H13N5O. The van der Waals surface area contributed by atoms with E-state index < -0.39 is 0 Å².